The lowest BCUT2D eigenvalue weighted by atomic mass is 10.2. The van der Waals surface area contributed by atoms with Crippen LogP contribution in [0.15, 0.2) is 0 Å². The first-order valence-corrected chi connectivity index (χ1v) is 3.26. The van der Waals surface area contributed by atoms with Crippen LogP contribution in [-0.4, -0.2) is 45.0 Å². The minimum Gasteiger partial charge on any atom is -0.480 e. The third-order valence-corrected chi connectivity index (χ3v) is 1.48. The fourth-order valence-corrected chi connectivity index (χ4v) is 0.566. The molecule has 0 aliphatic heterocycles. The van der Waals surface area contributed by atoms with Gasteiger partial charge >= 0.3 is 5.97 Å². The second-order valence-corrected chi connectivity index (χ2v) is 2.36. The molecule has 0 spiro atoms. The quantitative estimate of drug-likeness (QED) is 0.305. The Morgan fingerprint density at radius 3 is 2.18 bits per heavy atom. The molecule has 2 atom stereocenters. The molecule has 0 aromatic carbocycles. The Balaban J connectivity index is 4.13. The predicted molar refractivity (Wildman–Crippen MR) is 38.5 cm³/mol. The predicted octanol–water partition coefficient (Wildman–Crippen LogP) is -1.71. The van der Waals surface area contributed by atoms with Crippen molar-refractivity contribution in [1.82, 2.24) is 0 Å². The number of carboxylic acid groups (broad SMARTS) is 1. The lowest BCUT2D eigenvalue weighted by molar-refractivity contribution is -0.142. The number of thiol groups is 1. The van der Waals surface area contributed by atoms with Crippen molar-refractivity contribution >= 4 is 24.4 Å². The Labute approximate surface area is 68.1 Å². The highest BCUT2D eigenvalue weighted by molar-refractivity contribution is 7.82. The maximum absolute atomic E-state index is 10.6. The average Bonchev–Trinajstić information content (AvgIpc) is 2.00. The van der Waals surface area contributed by atoms with Gasteiger partial charge in [0.1, 0.15) is 6.10 Å². The van der Waals surface area contributed by atoms with Crippen molar-refractivity contribution in [2.45, 2.75) is 11.4 Å². The van der Waals surface area contributed by atoms with Crippen molar-refractivity contribution in [2.75, 3.05) is 6.61 Å². The largest absolute Gasteiger partial charge is 0.480 e. The van der Waals surface area contributed by atoms with Crippen LogP contribution in [0, 0.1) is 0 Å². The van der Waals surface area contributed by atoms with Gasteiger partial charge in [-0.05, 0) is 0 Å². The number of carbonyl (C=O) groups excluding carboxylic acids is 1. The summed E-state index contributed by atoms with van der Waals surface area (Å²) in [6, 6.07) is 0. The molecule has 64 valence electrons. The summed E-state index contributed by atoms with van der Waals surface area (Å²) in [6.45, 7) is -0.789. The molecule has 0 saturated heterocycles. The van der Waals surface area contributed by atoms with Gasteiger partial charge in [0, 0.05) is 0 Å². The minimum atomic E-state index is -1.66. The molecule has 6 heteroatoms. The lowest BCUT2D eigenvalue weighted by Crippen LogP contribution is -2.36. The van der Waals surface area contributed by atoms with E-state index < -0.39 is 29.7 Å². The van der Waals surface area contributed by atoms with E-state index in [4.69, 9.17) is 15.3 Å². The van der Waals surface area contributed by atoms with Crippen LogP contribution in [0.3, 0.4) is 0 Å². The number of carboxylic acids is 1. The van der Waals surface area contributed by atoms with Crippen molar-refractivity contribution < 1.29 is 24.9 Å². The molecule has 0 heterocycles. The van der Waals surface area contributed by atoms with Gasteiger partial charge in [0.25, 0.3) is 0 Å². The molecule has 0 amide bonds. The van der Waals surface area contributed by atoms with E-state index in [0.717, 1.165) is 0 Å². The highest BCUT2D eigenvalue weighted by atomic mass is 32.1. The molecule has 3 N–H and O–H groups in total. The molecule has 0 saturated carbocycles. The smallest absolute Gasteiger partial charge is 0.324 e. The van der Waals surface area contributed by atoms with Crippen LogP contribution in [-0.2, 0) is 9.59 Å². The van der Waals surface area contributed by atoms with E-state index >= 15 is 0 Å². The zero-order valence-electron chi connectivity index (χ0n) is 5.47. The number of ketones is 1. The number of hydrogen-bond acceptors (Lipinski definition) is 5. The van der Waals surface area contributed by atoms with Crippen LogP contribution in [0.25, 0.3) is 0 Å². The molecule has 0 aliphatic carbocycles. The van der Waals surface area contributed by atoms with Gasteiger partial charge in [-0.2, -0.15) is 12.6 Å². The SMILES string of the molecule is O=C(O)C(S)C(=O)C(O)CO. The zero-order valence-corrected chi connectivity index (χ0v) is 6.36. The number of hydrogen-bond donors (Lipinski definition) is 4. The van der Waals surface area contributed by atoms with E-state index in [1.165, 1.54) is 0 Å². The fraction of sp³-hybridized carbons (Fsp3) is 0.600. The van der Waals surface area contributed by atoms with Crippen LogP contribution in [0.2, 0.25) is 0 Å². The van der Waals surface area contributed by atoms with E-state index in [1.54, 1.807) is 0 Å². The van der Waals surface area contributed by atoms with Gasteiger partial charge in [-0.1, -0.05) is 0 Å². The van der Waals surface area contributed by atoms with Gasteiger partial charge in [0.05, 0.1) is 6.61 Å². The summed E-state index contributed by atoms with van der Waals surface area (Å²) in [5.74, 6) is -2.45. The molecule has 2 unspecified atom stereocenters. The Morgan fingerprint density at radius 1 is 1.45 bits per heavy atom. The van der Waals surface area contributed by atoms with Crippen molar-refractivity contribution in [3.63, 3.8) is 0 Å². The average molecular weight is 180 g/mol. The summed E-state index contributed by atoms with van der Waals surface area (Å²) in [5.41, 5.74) is 0. The van der Waals surface area contributed by atoms with Crippen molar-refractivity contribution in [3.05, 3.63) is 0 Å². The fourth-order valence-electron chi connectivity index (χ4n) is 0.394. The van der Waals surface area contributed by atoms with Crippen LogP contribution < -0.4 is 0 Å². The number of rotatable bonds is 4. The Bertz CT molecular complexity index is 168. The topological polar surface area (TPSA) is 94.8 Å². The monoisotopic (exact) mass is 180 g/mol. The van der Waals surface area contributed by atoms with Crippen molar-refractivity contribution in [2.24, 2.45) is 0 Å². The molecular formula is C5H8O5S. The van der Waals surface area contributed by atoms with Crippen LogP contribution >= 0.6 is 12.6 Å². The summed E-state index contributed by atoms with van der Waals surface area (Å²) in [7, 11) is 0. The van der Waals surface area contributed by atoms with E-state index in [0.29, 0.717) is 0 Å². The number of aliphatic carboxylic acids is 1. The van der Waals surface area contributed by atoms with Gasteiger partial charge in [-0.3, -0.25) is 9.59 Å². The Morgan fingerprint density at radius 2 is 1.91 bits per heavy atom. The molecule has 11 heavy (non-hydrogen) atoms. The first-order chi connectivity index (χ1) is 5.00. The molecular weight excluding hydrogens is 172 g/mol. The van der Waals surface area contributed by atoms with Gasteiger partial charge in [0.2, 0.25) is 0 Å². The molecule has 0 aliphatic rings. The van der Waals surface area contributed by atoms with Crippen LogP contribution in [0.1, 0.15) is 0 Å². The molecule has 0 fully saturated rings. The molecule has 0 aromatic heterocycles. The summed E-state index contributed by atoms with van der Waals surface area (Å²) in [5, 5.41) is 23.5. The number of aliphatic hydroxyl groups is 2. The van der Waals surface area contributed by atoms with E-state index in [9.17, 15) is 9.59 Å². The summed E-state index contributed by atoms with van der Waals surface area (Å²) >= 11 is 3.39. The van der Waals surface area contributed by atoms with Gasteiger partial charge in [-0.15, -0.1) is 0 Å². The molecule has 0 aromatic rings. The van der Waals surface area contributed by atoms with Crippen molar-refractivity contribution in [3.8, 4) is 0 Å². The molecule has 5 nitrogen and oxygen atoms in total. The standard InChI is InChI=1S/C5H8O5S/c6-1-2(7)3(8)4(11)5(9)10/h2,4,6-7,11H,1H2,(H,9,10). The van der Waals surface area contributed by atoms with Gasteiger partial charge in [-0.25, -0.2) is 0 Å². The zero-order chi connectivity index (χ0) is 9.02. The summed E-state index contributed by atoms with van der Waals surface area (Å²) < 4.78 is 0. The van der Waals surface area contributed by atoms with Gasteiger partial charge in [0.15, 0.2) is 11.0 Å². The maximum Gasteiger partial charge on any atom is 0.324 e. The minimum absolute atomic E-state index is 0.789. The third-order valence-electron chi connectivity index (χ3n) is 1.00. The number of carbonyl (C=O) groups is 2. The highest BCUT2D eigenvalue weighted by Gasteiger charge is 2.27. The third kappa shape index (κ3) is 2.87. The first-order valence-electron chi connectivity index (χ1n) is 2.74. The van der Waals surface area contributed by atoms with E-state index in [2.05, 4.69) is 12.6 Å². The second kappa shape index (κ2) is 4.32. The Kier molecular flexibility index (Phi) is 4.09. The van der Waals surface area contributed by atoms with Crippen LogP contribution in [0.4, 0.5) is 0 Å². The summed E-state index contributed by atoms with van der Waals surface area (Å²) in [6.07, 6.45) is -1.66. The molecule has 0 bridgehead atoms. The second-order valence-electron chi connectivity index (χ2n) is 1.84. The number of aliphatic hydroxyl groups excluding tert-OH is 2. The molecule has 0 rings (SSSR count). The molecule has 0 radical (unpaired) electrons. The number of Topliss-reactive ketones (excluding diaryl/α,β-unsaturated/α-hetero) is 1. The van der Waals surface area contributed by atoms with E-state index in [-0.39, 0.29) is 0 Å². The first kappa shape index (κ1) is 10.4. The normalized spacial score (nSPS) is 15.5. The maximum atomic E-state index is 10.6. The Hall–Kier alpha value is -0.590. The lowest BCUT2D eigenvalue weighted by Gasteiger charge is -2.07. The summed E-state index contributed by atoms with van der Waals surface area (Å²) in [4.78, 5) is 20.7. The van der Waals surface area contributed by atoms with Gasteiger partial charge < -0.3 is 15.3 Å². The van der Waals surface area contributed by atoms with Crippen LogP contribution in [0.5, 0.6) is 0 Å². The highest BCUT2D eigenvalue weighted by Crippen LogP contribution is 2.00. The van der Waals surface area contributed by atoms with Crippen molar-refractivity contribution in [1.29, 1.82) is 0 Å². The van der Waals surface area contributed by atoms with E-state index in [1.807, 2.05) is 0 Å².